The lowest BCUT2D eigenvalue weighted by Crippen LogP contribution is -2.44. The number of nitrogens with one attached hydrogen (secondary N) is 2. The van der Waals surface area contributed by atoms with Crippen molar-refractivity contribution in [3.63, 3.8) is 0 Å². The van der Waals surface area contributed by atoms with Crippen LogP contribution in [0, 0.1) is 0 Å². The second-order valence-corrected chi connectivity index (χ2v) is 3.13. The van der Waals surface area contributed by atoms with Crippen molar-refractivity contribution in [1.29, 1.82) is 0 Å². The predicted molar refractivity (Wildman–Crippen MR) is 40.1 cm³/mol. The number of carbonyl (C=O) groups is 3. The highest BCUT2D eigenvalue weighted by atomic mass is 32.2. The molecule has 0 saturated carbocycles. The SMILES string of the molecule is NC(=O)C(=O)ONC(=O)NS(N)(=O)=O. The summed E-state index contributed by atoms with van der Waals surface area (Å²) in [5, 5.41) is 4.37. The van der Waals surface area contributed by atoms with Gasteiger partial charge in [-0.15, -0.1) is 0 Å². The first-order chi connectivity index (χ1) is 6.22. The Labute approximate surface area is 77.7 Å². The molecule has 11 heteroatoms. The van der Waals surface area contributed by atoms with Crippen LogP contribution in [0.1, 0.15) is 0 Å². The van der Waals surface area contributed by atoms with Gasteiger partial charge in [-0.3, -0.25) is 4.79 Å². The number of primary amides is 1. The zero-order valence-electron chi connectivity index (χ0n) is 6.51. The van der Waals surface area contributed by atoms with Crippen molar-refractivity contribution in [2.45, 2.75) is 0 Å². The van der Waals surface area contributed by atoms with Crippen LogP contribution in [0.25, 0.3) is 0 Å². The van der Waals surface area contributed by atoms with Crippen LogP contribution in [0.3, 0.4) is 0 Å². The molecule has 10 nitrogen and oxygen atoms in total. The molecule has 0 rings (SSSR count). The third-order valence-corrected chi connectivity index (χ3v) is 1.14. The number of amides is 3. The average molecular weight is 226 g/mol. The lowest BCUT2D eigenvalue weighted by atomic mass is 10.7. The van der Waals surface area contributed by atoms with E-state index in [1.807, 2.05) is 0 Å². The second-order valence-electron chi connectivity index (χ2n) is 1.83. The van der Waals surface area contributed by atoms with E-state index in [1.54, 1.807) is 0 Å². The third kappa shape index (κ3) is 5.73. The van der Waals surface area contributed by atoms with Crippen molar-refractivity contribution in [2.24, 2.45) is 10.9 Å². The van der Waals surface area contributed by atoms with Gasteiger partial charge in [-0.05, 0) is 0 Å². The molecule has 0 aromatic rings. The molecule has 0 aromatic carbocycles. The standard InChI is InChI=1S/C3H6N4O6S/c4-1(8)2(9)13-6-3(10)7-14(5,11)12/h(H2,4,8)(H2,5,11,12)(H2,6,7,10). The van der Waals surface area contributed by atoms with E-state index in [0.29, 0.717) is 0 Å². The Morgan fingerprint density at radius 2 is 1.71 bits per heavy atom. The number of hydroxylamine groups is 1. The highest BCUT2D eigenvalue weighted by Crippen LogP contribution is 1.74. The maximum atomic E-state index is 10.5. The van der Waals surface area contributed by atoms with Gasteiger partial charge in [-0.2, -0.15) is 13.9 Å². The van der Waals surface area contributed by atoms with Crippen LogP contribution >= 0.6 is 0 Å². The van der Waals surface area contributed by atoms with Gasteiger partial charge < -0.3 is 10.6 Å². The third-order valence-electron chi connectivity index (χ3n) is 0.673. The van der Waals surface area contributed by atoms with Gasteiger partial charge in [0.1, 0.15) is 0 Å². The van der Waals surface area contributed by atoms with Crippen LogP contribution in [0.15, 0.2) is 0 Å². The van der Waals surface area contributed by atoms with Gasteiger partial charge in [0, 0.05) is 0 Å². The molecule has 0 aromatic heterocycles. The van der Waals surface area contributed by atoms with Crippen molar-refractivity contribution in [2.75, 3.05) is 0 Å². The van der Waals surface area contributed by atoms with Gasteiger partial charge in [0.25, 0.3) is 10.2 Å². The first kappa shape index (κ1) is 12.1. The summed E-state index contributed by atoms with van der Waals surface area (Å²) < 4.78 is 21.6. The van der Waals surface area contributed by atoms with Gasteiger partial charge in [0.2, 0.25) is 0 Å². The molecule has 0 radical (unpaired) electrons. The predicted octanol–water partition coefficient (Wildman–Crippen LogP) is -3.57. The Bertz CT molecular complexity index is 359. The van der Waals surface area contributed by atoms with Gasteiger partial charge in [0.15, 0.2) is 0 Å². The van der Waals surface area contributed by atoms with Gasteiger partial charge >= 0.3 is 17.9 Å². The molecule has 0 fully saturated rings. The Balaban J connectivity index is 3.99. The summed E-state index contributed by atoms with van der Waals surface area (Å²) in [5.41, 5.74) is 5.68. The van der Waals surface area contributed by atoms with Crippen molar-refractivity contribution in [3.05, 3.63) is 0 Å². The maximum Gasteiger partial charge on any atom is 0.420 e. The summed E-state index contributed by atoms with van der Waals surface area (Å²) in [4.78, 5) is 34.5. The fourth-order valence-electron chi connectivity index (χ4n) is 0.293. The quantitative estimate of drug-likeness (QED) is 0.266. The summed E-state index contributed by atoms with van der Waals surface area (Å²) in [5.74, 6) is -3.02. The van der Waals surface area contributed by atoms with E-state index in [4.69, 9.17) is 0 Å². The molecule has 0 aliphatic carbocycles. The van der Waals surface area contributed by atoms with Crippen LogP contribution < -0.4 is 21.1 Å². The summed E-state index contributed by atoms with van der Waals surface area (Å²) in [6.45, 7) is 0. The van der Waals surface area contributed by atoms with Crippen molar-refractivity contribution in [1.82, 2.24) is 10.2 Å². The fraction of sp³-hybridized carbons (Fsp3) is 0. The van der Waals surface area contributed by atoms with Crippen LogP contribution in [0.2, 0.25) is 0 Å². The topological polar surface area (TPSA) is 171 Å². The lowest BCUT2D eigenvalue weighted by molar-refractivity contribution is -0.157. The Kier molecular flexibility index (Phi) is 3.79. The molecule has 0 heterocycles. The molecule has 0 unspecified atom stereocenters. The molecular weight excluding hydrogens is 220 g/mol. The van der Waals surface area contributed by atoms with Crippen LogP contribution in [0.4, 0.5) is 4.79 Å². The van der Waals surface area contributed by atoms with Crippen molar-refractivity contribution >= 4 is 28.1 Å². The van der Waals surface area contributed by atoms with Crippen molar-refractivity contribution < 1.29 is 27.6 Å². The zero-order valence-corrected chi connectivity index (χ0v) is 7.33. The van der Waals surface area contributed by atoms with E-state index in [0.717, 1.165) is 0 Å². The summed E-state index contributed by atoms with van der Waals surface area (Å²) in [6.07, 6.45) is 0. The normalized spacial score (nSPS) is 10.1. The smallest absolute Gasteiger partial charge is 0.360 e. The van der Waals surface area contributed by atoms with Gasteiger partial charge in [-0.1, -0.05) is 0 Å². The average Bonchev–Trinajstić information content (AvgIpc) is 1.96. The number of nitrogens with two attached hydrogens (primary N) is 2. The molecule has 0 bridgehead atoms. The summed E-state index contributed by atoms with van der Waals surface area (Å²) in [6, 6.07) is -1.44. The molecule has 14 heavy (non-hydrogen) atoms. The second kappa shape index (κ2) is 4.38. The van der Waals surface area contributed by atoms with E-state index < -0.39 is 28.1 Å². The number of hydrogen-bond donors (Lipinski definition) is 4. The first-order valence-electron chi connectivity index (χ1n) is 2.83. The number of hydrogen-bond acceptors (Lipinski definition) is 6. The minimum Gasteiger partial charge on any atom is -0.360 e. The molecule has 3 amide bonds. The Morgan fingerprint density at radius 3 is 2.07 bits per heavy atom. The highest BCUT2D eigenvalue weighted by Gasteiger charge is 2.14. The molecule has 80 valence electrons. The molecule has 0 atom stereocenters. The van der Waals surface area contributed by atoms with Gasteiger partial charge in [-0.25, -0.2) is 19.5 Å². The molecule has 0 aliphatic heterocycles. The van der Waals surface area contributed by atoms with E-state index in [-0.39, 0.29) is 0 Å². The number of carbonyl (C=O) groups excluding carboxylic acids is 3. The molecule has 0 aliphatic rings. The lowest BCUT2D eigenvalue weighted by Gasteiger charge is -2.03. The minimum atomic E-state index is -4.26. The summed E-state index contributed by atoms with van der Waals surface area (Å²) >= 11 is 0. The zero-order chi connectivity index (χ0) is 11.4. The molecule has 0 saturated heterocycles. The van der Waals surface area contributed by atoms with Crippen molar-refractivity contribution in [3.8, 4) is 0 Å². The monoisotopic (exact) mass is 226 g/mol. The van der Waals surface area contributed by atoms with E-state index in [1.165, 1.54) is 10.2 Å². The Morgan fingerprint density at radius 1 is 1.21 bits per heavy atom. The fourth-order valence-corrected chi connectivity index (χ4v) is 0.593. The van der Waals surface area contributed by atoms with Crippen LogP contribution in [0.5, 0.6) is 0 Å². The van der Waals surface area contributed by atoms with Crippen LogP contribution in [-0.4, -0.2) is 26.3 Å². The van der Waals surface area contributed by atoms with E-state index in [2.05, 4.69) is 15.7 Å². The van der Waals surface area contributed by atoms with E-state index >= 15 is 0 Å². The summed E-state index contributed by atoms with van der Waals surface area (Å²) in [7, 11) is -4.26. The molecule has 0 spiro atoms. The largest absolute Gasteiger partial charge is 0.420 e. The minimum absolute atomic E-state index is 1.18. The highest BCUT2D eigenvalue weighted by molar-refractivity contribution is 7.87. The van der Waals surface area contributed by atoms with Crippen LogP contribution in [-0.2, 0) is 24.6 Å². The molecule has 6 N–H and O–H groups in total. The number of urea groups is 1. The van der Waals surface area contributed by atoms with Gasteiger partial charge in [0.05, 0.1) is 0 Å². The molecular formula is C3H6N4O6S. The first-order valence-corrected chi connectivity index (χ1v) is 4.38. The Hall–Kier alpha value is -1.88. The van der Waals surface area contributed by atoms with E-state index in [9.17, 15) is 22.8 Å². The maximum absolute atomic E-state index is 10.5. The number of rotatable bonds is 1.